The molecule has 2 N–H and O–H groups in total. The Hall–Kier alpha value is -0.940. The zero-order valence-corrected chi connectivity index (χ0v) is 11.4. The van der Waals surface area contributed by atoms with Gasteiger partial charge in [0.25, 0.3) is 0 Å². The molecule has 5 nitrogen and oxygen atoms in total. The Kier molecular flexibility index (Phi) is 4.27. The second-order valence-electron chi connectivity index (χ2n) is 5.08. The van der Waals surface area contributed by atoms with Gasteiger partial charge in [-0.25, -0.2) is 0 Å². The molecular weight excluding hydrogens is 218 g/mol. The van der Waals surface area contributed by atoms with Crippen molar-refractivity contribution < 1.29 is 9.26 Å². The van der Waals surface area contributed by atoms with Gasteiger partial charge in [-0.1, -0.05) is 19.0 Å². The molecule has 1 aromatic rings. The molecule has 0 aliphatic carbocycles. The van der Waals surface area contributed by atoms with Gasteiger partial charge in [-0.15, -0.1) is 0 Å². The summed E-state index contributed by atoms with van der Waals surface area (Å²) in [5.74, 6) is 1.18. The van der Waals surface area contributed by atoms with Crippen molar-refractivity contribution in [2.45, 2.75) is 58.1 Å². The Balaban J connectivity index is 2.93. The van der Waals surface area contributed by atoms with Crippen LogP contribution in [-0.4, -0.2) is 22.8 Å². The van der Waals surface area contributed by atoms with Gasteiger partial charge in [-0.2, -0.15) is 4.98 Å². The number of hydrogen-bond donors (Lipinski definition) is 1. The van der Waals surface area contributed by atoms with Crippen molar-refractivity contribution in [1.29, 1.82) is 0 Å². The Morgan fingerprint density at radius 2 is 1.88 bits per heavy atom. The summed E-state index contributed by atoms with van der Waals surface area (Å²) >= 11 is 0. The molecule has 0 amide bonds. The van der Waals surface area contributed by atoms with E-state index in [2.05, 4.69) is 24.0 Å². The van der Waals surface area contributed by atoms with Crippen LogP contribution in [0.4, 0.5) is 0 Å². The monoisotopic (exact) mass is 241 g/mol. The molecule has 0 saturated heterocycles. The minimum atomic E-state index is -0.444. The Labute approximate surface area is 103 Å². The lowest BCUT2D eigenvalue weighted by Gasteiger charge is -2.25. The highest BCUT2D eigenvalue weighted by Gasteiger charge is 2.34. The van der Waals surface area contributed by atoms with Crippen LogP contribution in [0.2, 0.25) is 0 Å². The number of aromatic nitrogens is 2. The summed E-state index contributed by atoms with van der Waals surface area (Å²) in [6, 6.07) is 0. The van der Waals surface area contributed by atoms with Crippen molar-refractivity contribution in [2.24, 2.45) is 5.73 Å². The zero-order valence-electron chi connectivity index (χ0n) is 11.4. The first-order valence-corrected chi connectivity index (χ1v) is 6.04. The summed E-state index contributed by atoms with van der Waals surface area (Å²) in [7, 11) is 1.68. The molecular formula is C12H23N3O2. The smallest absolute Gasteiger partial charge is 0.228 e. The first-order chi connectivity index (χ1) is 7.87. The van der Waals surface area contributed by atoms with Crippen LogP contribution in [0.3, 0.4) is 0 Å². The number of hydrogen-bond acceptors (Lipinski definition) is 5. The Morgan fingerprint density at radius 3 is 2.29 bits per heavy atom. The van der Waals surface area contributed by atoms with Gasteiger partial charge in [0.1, 0.15) is 5.60 Å². The molecule has 1 aromatic heterocycles. The maximum Gasteiger partial charge on any atom is 0.228 e. The first kappa shape index (κ1) is 14.1. The summed E-state index contributed by atoms with van der Waals surface area (Å²) < 4.78 is 10.8. The van der Waals surface area contributed by atoms with Crippen LogP contribution in [0.5, 0.6) is 0 Å². The van der Waals surface area contributed by atoms with Crippen LogP contribution in [0.25, 0.3) is 0 Å². The van der Waals surface area contributed by atoms with Crippen molar-refractivity contribution in [2.75, 3.05) is 7.11 Å². The van der Waals surface area contributed by atoms with Crippen molar-refractivity contribution in [3.05, 3.63) is 11.7 Å². The second-order valence-corrected chi connectivity index (χ2v) is 5.08. The zero-order chi connectivity index (χ0) is 13.1. The summed E-state index contributed by atoms with van der Waals surface area (Å²) in [4.78, 5) is 4.40. The number of nitrogens with zero attached hydrogens (tertiary/aromatic N) is 2. The normalized spacial score (nSPS) is 13.1. The minimum absolute atomic E-state index is 0.349. The number of ether oxygens (including phenoxy) is 1. The van der Waals surface area contributed by atoms with Crippen molar-refractivity contribution in [3.63, 3.8) is 0 Å². The van der Waals surface area contributed by atoms with E-state index in [0.717, 1.165) is 12.8 Å². The molecule has 0 atom stereocenters. The van der Waals surface area contributed by atoms with Gasteiger partial charge in [-0.3, -0.25) is 0 Å². The third kappa shape index (κ3) is 3.26. The van der Waals surface area contributed by atoms with Gasteiger partial charge in [0.2, 0.25) is 11.7 Å². The number of nitrogens with two attached hydrogens (primary N) is 1. The lowest BCUT2D eigenvalue weighted by molar-refractivity contribution is -0.0306. The van der Waals surface area contributed by atoms with Gasteiger partial charge in [0.15, 0.2) is 0 Å². The third-order valence-corrected chi connectivity index (χ3v) is 3.02. The third-order valence-electron chi connectivity index (χ3n) is 3.02. The lowest BCUT2D eigenvalue weighted by atomic mass is 9.96. The molecule has 0 aromatic carbocycles. The van der Waals surface area contributed by atoms with E-state index in [0.29, 0.717) is 18.1 Å². The topological polar surface area (TPSA) is 74.2 Å². The summed E-state index contributed by atoms with van der Waals surface area (Å²) in [6.07, 6.45) is 2.18. The van der Waals surface area contributed by atoms with Crippen molar-refractivity contribution >= 4 is 0 Å². The number of rotatable bonds is 6. The predicted molar refractivity (Wildman–Crippen MR) is 65.5 cm³/mol. The van der Waals surface area contributed by atoms with Crippen molar-refractivity contribution in [1.82, 2.24) is 10.1 Å². The molecule has 5 heteroatoms. The van der Waals surface area contributed by atoms with Crippen LogP contribution < -0.4 is 5.73 Å². The highest BCUT2D eigenvalue weighted by atomic mass is 16.5. The largest absolute Gasteiger partial charge is 0.370 e. The quantitative estimate of drug-likeness (QED) is 0.824. The van der Waals surface area contributed by atoms with Crippen LogP contribution >= 0.6 is 0 Å². The molecule has 0 saturated carbocycles. The van der Waals surface area contributed by atoms with Crippen LogP contribution in [0.1, 0.15) is 52.3 Å². The fraction of sp³-hybridized carbons (Fsp3) is 0.833. The molecule has 98 valence electrons. The predicted octanol–water partition coefficient (Wildman–Crippen LogP) is 2.01. The fourth-order valence-corrected chi connectivity index (χ4v) is 1.85. The molecule has 0 unspecified atom stereocenters. The first-order valence-electron chi connectivity index (χ1n) is 6.04. The Bertz CT molecular complexity index is 343. The summed E-state index contributed by atoms with van der Waals surface area (Å²) in [5.41, 5.74) is 5.13. The molecule has 0 radical (unpaired) electrons. The average molecular weight is 241 g/mol. The van der Waals surface area contributed by atoms with E-state index in [1.165, 1.54) is 0 Å². The van der Waals surface area contributed by atoms with Gasteiger partial charge in [0, 0.05) is 19.1 Å². The van der Waals surface area contributed by atoms with Crippen LogP contribution in [-0.2, 0) is 16.8 Å². The van der Waals surface area contributed by atoms with Gasteiger partial charge >= 0.3 is 0 Å². The molecule has 0 aliphatic heterocycles. The fourth-order valence-electron chi connectivity index (χ4n) is 1.85. The summed E-state index contributed by atoms with van der Waals surface area (Å²) in [6.45, 7) is 7.96. The van der Waals surface area contributed by atoms with E-state index in [1.54, 1.807) is 7.11 Å². The highest BCUT2D eigenvalue weighted by molar-refractivity contribution is 5.02. The van der Waals surface area contributed by atoms with E-state index in [1.807, 2.05) is 13.8 Å². The molecule has 0 spiro atoms. The van der Waals surface area contributed by atoms with E-state index in [-0.39, 0.29) is 5.54 Å². The van der Waals surface area contributed by atoms with E-state index >= 15 is 0 Å². The summed E-state index contributed by atoms with van der Waals surface area (Å²) in [5, 5.41) is 4.02. The van der Waals surface area contributed by atoms with Gasteiger partial charge < -0.3 is 15.0 Å². The molecule has 1 heterocycles. The SMILES string of the molecule is CCC(CC)(OC)c1noc(CC(C)(C)N)n1. The standard InChI is InChI=1S/C12H23N3O2/c1-6-12(7-2,16-5)10-14-9(17-15-10)8-11(3,4)13/h6-8,13H2,1-5H3. The van der Waals surface area contributed by atoms with Crippen LogP contribution in [0.15, 0.2) is 4.52 Å². The average Bonchev–Trinajstić information content (AvgIpc) is 2.68. The Morgan fingerprint density at radius 1 is 1.29 bits per heavy atom. The van der Waals surface area contributed by atoms with Crippen molar-refractivity contribution in [3.8, 4) is 0 Å². The molecule has 1 rings (SSSR count). The molecule has 0 bridgehead atoms. The van der Waals surface area contributed by atoms with E-state index < -0.39 is 5.60 Å². The maximum atomic E-state index is 5.92. The van der Waals surface area contributed by atoms with Crippen LogP contribution in [0, 0.1) is 0 Å². The molecule has 0 fully saturated rings. The van der Waals surface area contributed by atoms with E-state index in [4.69, 9.17) is 15.0 Å². The van der Waals surface area contributed by atoms with Gasteiger partial charge in [-0.05, 0) is 26.7 Å². The molecule has 0 aliphatic rings. The second kappa shape index (κ2) is 5.14. The maximum absolute atomic E-state index is 5.92. The lowest BCUT2D eigenvalue weighted by Crippen LogP contribution is -2.34. The highest BCUT2D eigenvalue weighted by Crippen LogP contribution is 2.30. The van der Waals surface area contributed by atoms with E-state index in [9.17, 15) is 0 Å². The molecule has 17 heavy (non-hydrogen) atoms. The number of methoxy groups -OCH3 is 1. The van der Waals surface area contributed by atoms with Gasteiger partial charge in [0.05, 0.1) is 0 Å². The minimum Gasteiger partial charge on any atom is -0.370 e.